The molecule has 0 amide bonds. The number of aryl methyl sites for hydroxylation is 1. The number of azide groups is 1. The molecule has 7 N–H and O–H groups in total. The van der Waals surface area contributed by atoms with Crippen molar-refractivity contribution in [2.24, 2.45) is 5.11 Å². The minimum Gasteiger partial charge on any atom is -0.394 e. The molecule has 0 saturated carbocycles. The molecule has 0 aliphatic carbocycles. The molecule has 0 aromatic carbocycles. The van der Waals surface area contributed by atoms with Crippen molar-refractivity contribution in [3.05, 3.63) is 59.7 Å². The number of hydrogen-bond donors (Lipinski definition) is 6. The number of aliphatic hydroxyl groups excluding tert-OH is 3. The SMILES string of the molecule is Cc1cn([C@H]2C[C@H](N=[N+]=[N-])[C@@H](CO)O2)c(=O)[nH]c1=O.Nc1nc2c(ncn2[C@H]2C[C@H](O)[C@@H](CO)O2)c(=O)[nH]1. The minimum absolute atomic E-state index is 0.0171. The highest BCUT2D eigenvalue weighted by atomic mass is 16.5. The van der Waals surface area contributed by atoms with Crippen molar-refractivity contribution in [1.82, 2.24) is 29.1 Å². The van der Waals surface area contributed by atoms with E-state index in [1.807, 2.05) is 0 Å². The Hall–Kier alpha value is -4.06. The van der Waals surface area contributed by atoms with Crippen molar-refractivity contribution in [3.8, 4) is 0 Å². The summed E-state index contributed by atoms with van der Waals surface area (Å²) in [6, 6.07) is -0.542. The maximum Gasteiger partial charge on any atom is 0.330 e. The number of fused-ring (bicyclic) bond motifs is 1. The summed E-state index contributed by atoms with van der Waals surface area (Å²) in [4.78, 5) is 49.8. The molecule has 2 aliphatic heterocycles. The number of ether oxygens (including phenoxy) is 2. The Bertz CT molecular complexity index is 1520. The molecular formula is C20H26N10O8. The van der Waals surface area contributed by atoms with Gasteiger partial charge in [-0.3, -0.25) is 28.7 Å². The van der Waals surface area contributed by atoms with Crippen LogP contribution in [0.3, 0.4) is 0 Å². The number of aromatic amines is 2. The Morgan fingerprint density at radius 3 is 2.47 bits per heavy atom. The van der Waals surface area contributed by atoms with E-state index in [1.54, 1.807) is 6.92 Å². The van der Waals surface area contributed by atoms with E-state index >= 15 is 0 Å². The Kier molecular flexibility index (Phi) is 7.91. The van der Waals surface area contributed by atoms with E-state index in [0.717, 1.165) is 0 Å². The number of aliphatic hydroxyl groups is 3. The smallest absolute Gasteiger partial charge is 0.330 e. The summed E-state index contributed by atoms with van der Waals surface area (Å²) in [6.07, 6.45) is 0.0590. The van der Waals surface area contributed by atoms with Gasteiger partial charge in [0.2, 0.25) is 5.95 Å². The third kappa shape index (κ3) is 5.30. The van der Waals surface area contributed by atoms with Crippen molar-refractivity contribution < 1.29 is 24.8 Å². The van der Waals surface area contributed by atoms with Crippen LogP contribution in [0.2, 0.25) is 0 Å². The largest absolute Gasteiger partial charge is 0.394 e. The molecule has 0 radical (unpaired) electrons. The quantitative estimate of drug-likeness (QED) is 0.120. The monoisotopic (exact) mass is 534 g/mol. The van der Waals surface area contributed by atoms with Gasteiger partial charge in [0, 0.05) is 29.5 Å². The molecule has 0 spiro atoms. The van der Waals surface area contributed by atoms with Crippen LogP contribution < -0.4 is 22.5 Å². The second kappa shape index (κ2) is 11.1. The Balaban J connectivity index is 0.000000177. The summed E-state index contributed by atoms with van der Waals surface area (Å²) in [5, 5.41) is 31.4. The highest BCUT2D eigenvalue weighted by Gasteiger charge is 2.36. The van der Waals surface area contributed by atoms with Crippen molar-refractivity contribution >= 4 is 17.1 Å². The van der Waals surface area contributed by atoms with Gasteiger partial charge in [0.1, 0.15) is 18.6 Å². The summed E-state index contributed by atoms with van der Waals surface area (Å²) in [5.41, 5.74) is 13.3. The highest BCUT2D eigenvalue weighted by molar-refractivity contribution is 5.70. The Morgan fingerprint density at radius 2 is 1.82 bits per heavy atom. The van der Waals surface area contributed by atoms with E-state index in [2.05, 4.69) is 30.0 Å². The third-order valence-corrected chi connectivity index (χ3v) is 6.19. The maximum atomic E-state index is 11.7. The van der Waals surface area contributed by atoms with Crippen LogP contribution in [0.25, 0.3) is 21.6 Å². The molecule has 38 heavy (non-hydrogen) atoms. The van der Waals surface area contributed by atoms with Gasteiger partial charge in [-0.15, -0.1) is 0 Å². The number of nitrogens with one attached hydrogen (secondary N) is 2. The fourth-order valence-electron chi connectivity index (χ4n) is 4.24. The standard InChI is InChI=1S/2C10H13N5O4/c11-10-13-8-7(9(18)14-10)12-3-15(8)6-1-4(17)5(2-16)19-6;1-5-3-15(10(18)12-9(5)17)8-2-6(13-14-11)7(4-16)19-8/h3-6,16-17H,1-2H2,(H3,11,13,14,18);3,6-8,16H,2,4H2,1H3,(H,12,17,18)/t4-,5+,6+;6-,7+,8+/m00/s1. The zero-order valence-corrected chi connectivity index (χ0v) is 20.0. The average molecular weight is 534 g/mol. The molecule has 204 valence electrons. The summed E-state index contributed by atoms with van der Waals surface area (Å²) in [5.74, 6) is -0.0171. The number of nitrogens with zero attached hydrogens (tertiary/aromatic N) is 7. The first-order chi connectivity index (χ1) is 18.2. The first kappa shape index (κ1) is 27.0. The van der Waals surface area contributed by atoms with E-state index in [1.165, 1.54) is 21.7 Å². The zero-order chi connectivity index (χ0) is 27.6. The predicted octanol–water partition coefficient (Wildman–Crippen LogP) is -1.85. The lowest BCUT2D eigenvalue weighted by Crippen LogP contribution is -2.33. The molecule has 2 saturated heterocycles. The van der Waals surface area contributed by atoms with E-state index in [9.17, 15) is 19.5 Å². The highest BCUT2D eigenvalue weighted by Crippen LogP contribution is 2.31. The number of imidazole rings is 1. The zero-order valence-electron chi connectivity index (χ0n) is 20.0. The minimum atomic E-state index is -0.771. The van der Waals surface area contributed by atoms with Gasteiger partial charge < -0.3 is 30.5 Å². The molecule has 0 bridgehead atoms. The van der Waals surface area contributed by atoms with Crippen LogP contribution in [-0.2, 0) is 9.47 Å². The van der Waals surface area contributed by atoms with E-state index in [4.69, 9.17) is 31.0 Å². The summed E-state index contributed by atoms with van der Waals surface area (Å²) < 4.78 is 13.7. The maximum absolute atomic E-state index is 11.7. The predicted molar refractivity (Wildman–Crippen MR) is 129 cm³/mol. The van der Waals surface area contributed by atoms with Crippen LogP contribution in [-0.4, -0.2) is 82.0 Å². The number of anilines is 1. The number of aromatic nitrogens is 6. The van der Waals surface area contributed by atoms with E-state index < -0.39 is 53.6 Å². The number of nitrogen functional groups attached to an aromatic ring is 1. The number of H-pyrrole nitrogens is 2. The van der Waals surface area contributed by atoms with Crippen LogP contribution in [0.1, 0.15) is 30.9 Å². The van der Waals surface area contributed by atoms with Crippen LogP contribution in [0.5, 0.6) is 0 Å². The molecule has 2 aliphatic rings. The van der Waals surface area contributed by atoms with E-state index in [0.29, 0.717) is 5.56 Å². The molecular weight excluding hydrogens is 508 g/mol. The molecule has 5 rings (SSSR count). The van der Waals surface area contributed by atoms with Gasteiger partial charge in [0.05, 0.1) is 37.8 Å². The van der Waals surface area contributed by atoms with Gasteiger partial charge in [0.25, 0.3) is 11.1 Å². The fourth-order valence-corrected chi connectivity index (χ4v) is 4.24. The number of hydrogen-bond acceptors (Lipinski definition) is 12. The lowest BCUT2D eigenvalue weighted by atomic mass is 10.1. The van der Waals surface area contributed by atoms with Gasteiger partial charge in [-0.25, -0.2) is 9.78 Å². The Labute approximate surface area is 211 Å². The third-order valence-electron chi connectivity index (χ3n) is 6.19. The number of rotatable bonds is 5. The van der Waals surface area contributed by atoms with Crippen LogP contribution >= 0.6 is 0 Å². The second-order valence-corrected chi connectivity index (χ2v) is 8.69. The molecule has 5 heterocycles. The van der Waals surface area contributed by atoms with Crippen molar-refractivity contribution in [2.75, 3.05) is 18.9 Å². The average Bonchev–Trinajstić information content (AvgIpc) is 3.58. The van der Waals surface area contributed by atoms with Crippen molar-refractivity contribution in [3.63, 3.8) is 0 Å². The molecule has 6 atom stereocenters. The Morgan fingerprint density at radius 1 is 1.13 bits per heavy atom. The number of nitrogens with two attached hydrogens (primary N) is 1. The van der Waals surface area contributed by atoms with Gasteiger partial charge >= 0.3 is 5.69 Å². The summed E-state index contributed by atoms with van der Waals surface area (Å²) >= 11 is 0. The normalized spacial score (nSPS) is 26.6. The first-order valence-corrected chi connectivity index (χ1v) is 11.5. The molecule has 18 heteroatoms. The van der Waals surface area contributed by atoms with Crippen molar-refractivity contribution in [1.29, 1.82) is 0 Å². The van der Waals surface area contributed by atoms with Gasteiger partial charge in [-0.05, 0) is 12.5 Å². The van der Waals surface area contributed by atoms with E-state index in [-0.39, 0.29) is 43.2 Å². The topological polar surface area (TPSA) is 272 Å². The fraction of sp³-hybridized carbons (Fsp3) is 0.550. The molecule has 0 unspecified atom stereocenters. The molecule has 18 nitrogen and oxygen atoms in total. The lowest BCUT2D eigenvalue weighted by molar-refractivity contribution is -0.0432. The first-order valence-electron chi connectivity index (χ1n) is 11.5. The van der Waals surface area contributed by atoms with Crippen LogP contribution in [0.4, 0.5) is 5.95 Å². The van der Waals surface area contributed by atoms with Gasteiger partial charge in [-0.2, -0.15) is 4.98 Å². The summed E-state index contributed by atoms with van der Waals surface area (Å²) in [6.45, 7) is 0.982. The van der Waals surface area contributed by atoms with Crippen LogP contribution in [0.15, 0.2) is 32.0 Å². The molecule has 3 aromatic rings. The lowest BCUT2D eigenvalue weighted by Gasteiger charge is -2.14. The molecule has 2 fully saturated rings. The van der Waals surface area contributed by atoms with Crippen molar-refractivity contribution in [2.45, 2.75) is 56.6 Å². The molecule has 3 aromatic heterocycles. The van der Waals surface area contributed by atoms with Crippen LogP contribution in [0, 0.1) is 6.92 Å². The summed E-state index contributed by atoms with van der Waals surface area (Å²) in [7, 11) is 0. The van der Waals surface area contributed by atoms with Gasteiger partial charge in [-0.1, -0.05) is 5.11 Å². The second-order valence-electron chi connectivity index (χ2n) is 8.69. The van der Waals surface area contributed by atoms with Gasteiger partial charge in [0.15, 0.2) is 11.2 Å².